The summed E-state index contributed by atoms with van der Waals surface area (Å²) in [6.07, 6.45) is 8.85. The lowest BCUT2D eigenvalue weighted by Crippen LogP contribution is -2.53. The van der Waals surface area contributed by atoms with Crippen molar-refractivity contribution in [3.63, 3.8) is 0 Å². The molecule has 1 aromatic carbocycles. The van der Waals surface area contributed by atoms with Gasteiger partial charge in [0.05, 0.1) is 12.7 Å². The molecule has 2 atom stereocenters. The van der Waals surface area contributed by atoms with Crippen molar-refractivity contribution in [1.29, 1.82) is 0 Å². The predicted octanol–water partition coefficient (Wildman–Crippen LogP) is 3.57. The summed E-state index contributed by atoms with van der Waals surface area (Å²) in [5.41, 5.74) is 0.214. The molecule has 0 aromatic heterocycles. The van der Waals surface area contributed by atoms with Gasteiger partial charge in [0, 0.05) is 6.54 Å². The van der Waals surface area contributed by atoms with Crippen LogP contribution in [0.4, 0.5) is 0 Å². The second-order valence-corrected chi connectivity index (χ2v) is 8.11. The van der Waals surface area contributed by atoms with Gasteiger partial charge in [0.25, 0.3) is 0 Å². The van der Waals surface area contributed by atoms with E-state index in [0.29, 0.717) is 24.5 Å². The molecule has 0 amide bonds. The standard InChI is InChI=1S/C21H31NO2/c23-21(18-7-3-1-4-8-18,19-9-5-2-6-10-19)16-24-20-15-22-13-11-17(20)12-14-22/h1,3-4,7-8,17,19-20,23H,2,5-6,9-16H2/t20?,21-/m0/s1. The minimum Gasteiger partial charge on any atom is -0.382 e. The van der Waals surface area contributed by atoms with Crippen molar-refractivity contribution in [2.24, 2.45) is 11.8 Å². The highest BCUT2D eigenvalue weighted by molar-refractivity contribution is 5.23. The van der Waals surface area contributed by atoms with E-state index in [4.69, 9.17) is 4.74 Å². The second-order valence-electron chi connectivity index (χ2n) is 8.11. The van der Waals surface area contributed by atoms with E-state index in [1.807, 2.05) is 18.2 Å². The molecular weight excluding hydrogens is 298 g/mol. The lowest BCUT2D eigenvalue weighted by molar-refractivity contribution is -0.148. The molecule has 0 spiro atoms. The van der Waals surface area contributed by atoms with Gasteiger partial charge in [-0.25, -0.2) is 0 Å². The van der Waals surface area contributed by atoms with Crippen LogP contribution in [0.5, 0.6) is 0 Å². The van der Waals surface area contributed by atoms with Crippen LogP contribution in [-0.2, 0) is 10.3 Å². The molecule has 3 heteroatoms. The molecule has 3 aliphatic heterocycles. The molecule has 132 valence electrons. The van der Waals surface area contributed by atoms with E-state index in [-0.39, 0.29) is 0 Å². The summed E-state index contributed by atoms with van der Waals surface area (Å²) in [5, 5.41) is 11.7. The van der Waals surface area contributed by atoms with E-state index in [0.717, 1.165) is 24.9 Å². The first-order chi connectivity index (χ1) is 11.8. The highest BCUT2D eigenvalue weighted by atomic mass is 16.5. The fourth-order valence-electron chi connectivity index (χ4n) is 5.08. The molecule has 3 saturated heterocycles. The first-order valence-electron chi connectivity index (χ1n) is 9.87. The Bertz CT molecular complexity index is 520. The monoisotopic (exact) mass is 329 g/mol. The van der Waals surface area contributed by atoms with Crippen LogP contribution in [0, 0.1) is 11.8 Å². The van der Waals surface area contributed by atoms with Crippen LogP contribution < -0.4 is 0 Å². The first-order valence-corrected chi connectivity index (χ1v) is 9.87. The maximum atomic E-state index is 11.7. The van der Waals surface area contributed by atoms with E-state index in [2.05, 4.69) is 17.0 Å². The molecular formula is C21H31NO2. The van der Waals surface area contributed by atoms with Gasteiger partial charge in [-0.05, 0) is 56.2 Å². The summed E-state index contributed by atoms with van der Waals surface area (Å²) in [7, 11) is 0. The third-order valence-corrected chi connectivity index (χ3v) is 6.67. The van der Waals surface area contributed by atoms with Gasteiger partial charge in [-0.2, -0.15) is 0 Å². The molecule has 5 rings (SSSR count). The Labute approximate surface area is 146 Å². The van der Waals surface area contributed by atoms with Gasteiger partial charge in [-0.15, -0.1) is 0 Å². The Morgan fingerprint density at radius 3 is 2.33 bits per heavy atom. The number of ether oxygens (including phenoxy) is 1. The van der Waals surface area contributed by atoms with Gasteiger partial charge in [-0.1, -0.05) is 49.6 Å². The molecule has 4 fully saturated rings. The van der Waals surface area contributed by atoms with Crippen molar-refractivity contribution in [3.8, 4) is 0 Å². The van der Waals surface area contributed by atoms with E-state index >= 15 is 0 Å². The predicted molar refractivity (Wildman–Crippen MR) is 95.8 cm³/mol. The average Bonchev–Trinajstić information content (AvgIpc) is 2.68. The van der Waals surface area contributed by atoms with Gasteiger partial charge in [-0.3, -0.25) is 0 Å². The summed E-state index contributed by atoms with van der Waals surface area (Å²) >= 11 is 0. The zero-order valence-electron chi connectivity index (χ0n) is 14.7. The minimum absolute atomic E-state index is 0.311. The molecule has 0 radical (unpaired) electrons. The van der Waals surface area contributed by atoms with Crippen LogP contribution >= 0.6 is 0 Å². The highest BCUT2D eigenvalue weighted by Gasteiger charge is 2.42. The Kier molecular flexibility index (Phi) is 4.93. The van der Waals surface area contributed by atoms with E-state index < -0.39 is 5.60 Å². The number of hydrogen-bond donors (Lipinski definition) is 1. The Morgan fingerprint density at radius 2 is 1.71 bits per heavy atom. The van der Waals surface area contributed by atoms with Crippen molar-refractivity contribution in [2.45, 2.75) is 56.7 Å². The van der Waals surface area contributed by atoms with Crippen LogP contribution in [0.2, 0.25) is 0 Å². The number of aliphatic hydroxyl groups is 1. The average molecular weight is 329 g/mol. The number of piperidine rings is 3. The number of fused-ring (bicyclic) bond motifs is 3. The fraction of sp³-hybridized carbons (Fsp3) is 0.714. The Morgan fingerprint density at radius 1 is 1.00 bits per heavy atom. The number of benzene rings is 1. The summed E-state index contributed by atoms with van der Waals surface area (Å²) in [6.45, 7) is 3.98. The number of hydrogen-bond acceptors (Lipinski definition) is 3. The van der Waals surface area contributed by atoms with Crippen LogP contribution in [0.1, 0.15) is 50.5 Å². The molecule has 1 unspecified atom stereocenters. The van der Waals surface area contributed by atoms with Gasteiger partial charge < -0.3 is 14.7 Å². The van der Waals surface area contributed by atoms with Gasteiger partial charge in [0.2, 0.25) is 0 Å². The van der Waals surface area contributed by atoms with Crippen LogP contribution in [0.15, 0.2) is 30.3 Å². The van der Waals surface area contributed by atoms with Crippen molar-refractivity contribution in [3.05, 3.63) is 35.9 Å². The molecule has 1 N–H and O–H groups in total. The smallest absolute Gasteiger partial charge is 0.116 e. The molecule has 3 nitrogen and oxygen atoms in total. The largest absolute Gasteiger partial charge is 0.382 e. The van der Waals surface area contributed by atoms with Gasteiger partial charge in [0.15, 0.2) is 0 Å². The third kappa shape index (κ3) is 3.26. The minimum atomic E-state index is -0.826. The van der Waals surface area contributed by atoms with Gasteiger partial charge in [0.1, 0.15) is 5.60 Å². The zero-order valence-corrected chi connectivity index (χ0v) is 14.7. The SMILES string of the molecule is O[C@@](COC1CN2CCC1CC2)(c1ccccc1)C1CCCCC1. The van der Waals surface area contributed by atoms with Crippen molar-refractivity contribution in [1.82, 2.24) is 4.90 Å². The normalized spacial score (nSPS) is 33.3. The van der Waals surface area contributed by atoms with Gasteiger partial charge >= 0.3 is 0 Å². The summed E-state index contributed by atoms with van der Waals surface area (Å²) < 4.78 is 6.40. The molecule has 1 aromatic rings. The summed E-state index contributed by atoms with van der Waals surface area (Å²) in [5.74, 6) is 1.02. The highest BCUT2D eigenvalue weighted by Crippen LogP contribution is 2.40. The van der Waals surface area contributed by atoms with E-state index in [1.165, 1.54) is 45.2 Å². The lowest BCUT2D eigenvalue weighted by atomic mass is 9.73. The fourth-order valence-corrected chi connectivity index (χ4v) is 5.08. The third-order valence-electron chi connectivity index (χ3n) is 6.67. The molecule has 4 aliphatic rings. The Hall–Kier alpha value is -0.900. The number of nitrogens with zero attached hydrogens (tertiary/aromatic N) is 1. The van der Waals surface area contributed by atoms with Crippen molar-refractivity contribution >= 4 is 0 Å². The van der Waals surface area contributed by atoms with E-state index in [1.54, 1.807) is 0 Å². The molecule has 3 heterocycles. The number of rotatable bonds is 5. The molecule has 1 aliphatic carbocycles. The molecule has 24 heavy (non-hydrogen) atoms. The van der Waals surface area contributed by atoms with Crippen LogP contribution in [0.3, 0.4) is 0 Å². The second kappa shape index (κ2) is 7.15. The Balaban J connectivity index is 1.50. The lowest BCUT2D eigenvalue weighted by Gasteiger charge is -2.46. The molecule has 2 bridgehead atoms. The topological polar surface area (TPSA) is 32.7 Å². The summed E-state index contributed by atoms with van der Waals surface area (Å²) in [4.78, 5) is 2.52. The zero-order chi connectivity index (χ0) is 16.4. The van der Waals surface area contributed by atoms with Crippen LogP contribution in [0.25, 0.3) is 0 Å². The first kappa shape index (κ1) is 16.6. The van der Waals surface area contributed by atoms with Crippen LogP contribution in [-0.4, -0.2) is 42.4 Å². The molecule has 1 saturated carbocycles. The quantitative estimate of drug-likeness (QED) is 0.896. The van der Waals surface area contributed by atoms with E-state index in [9.17, 15) is 5.11 Å². The summed E-state index contributed by atoms with van der Waals surface area (Å²) in [6, 6.07) is 10.3. The maximum absolute atomic E-state index is 11.7. The maximum Gasteiger partial charge on any atom is 0.116 e. The van der Waals surface area contributed by atoms with Crippen molar-refractivity contribution in [2.75, 3.05) is 26.2 Å². The van der Waals surface area contributed by atoms with Crippen molar-refractivity contribution < 1.29 is 9.84 Å².